The first kappa shape index (κ1) is 34.0. The quantitative estimate of drug-likeness (QED) is 0.238. The van der Waals surface area contributed by atoms with Crippen LogP contribution in [0, 0.1) is 0 Å². The molecule has 0 radical (unpaired) electrons. The van der Waals surface area contributed by atoms with Gasteiger partial charge in [-0.25, -0.2) is 14.4 Å². The zero-order valence-corrected chi connectivity index (χ0v) is 26.9. The SMILES string of the molecule is C1CCC(NC2CCCCC2)CC1.CC(C)(C)OC(=O)n1cc(CC(NC(=O)OCc2ccccc2)C(=O)O)c2ccccc21. The van der Waals surface area contributed by atoms with Crippen molar-refractivity contribution < 1.29 is 29.0 Å². The van der Waals surface area contributed by atoms with E-state index in [1.165, 1.54) is 68.8 Å². The van der Waals surface area contributed by atoms with Crippen LogP contribution in [0.1, 0.15) is 96.1 Å². The van der Waals surface area contributed by atoms with E-state index in [0.29, 0.717) is 16.5 Å². The number of benzene rings is 2. The molecule has 244 valence electrons. The highest BCUT2D eigenvalue weighted by Crippen LogP contribution is 2.25. The van der Waals surface area contributed by atoms with Crippen LogP contribution in [0.15, 0.2) is 60.8 Å². The normalized spacial score (nSPS) is 16.7. The summed E-state index contributed by atoms with van der Waals surface area (Å²) in [7, 11) is 0. The molecule has 3 aromatic rings. The van der Waals surface area contributed by atoms with E-state index < -0.39 is 29.8 Å². The Morgan fingerprint density at radius 3 is 2.02 bits per heavy atom. The molecule has 2 aromatic carbocycles. The molecule has 2 aliphatic rings. The molecule has 2 saturated carbocycles. The number of nitrogens with zero attached hydrogens (tertiary/aromatic N) is 1. The van der Waals surface area contributed by atoms with Crippen LogP contribution in [-0.4, -0.2) is 51.6 Å². The van der Waals surface area contributed by atoms with E-state index in [1.54, 1.807) is 63.4 Å². The molecule has 1 amide bonds. The van der Waals surface area contributed by atoms with Crippen LogP contribution in [0.2, 0.25) is 0 Å². The van der Waals surface area contributed by atoms with Gasteiger partial charge in [0, 0.05) is 30.1 Å². The number of fused-ring (bicyclic) bond motifs is 1. The molecule has 2 fully saturated rings. The number of ether oxygens (including phenoxy) is 2. The van der Waals surface area contributed by atoms with Crippen molar-refractivity contribution in [3.63, 3.8) is 0 Å². The van der Waals surface area contributed by atoms with Crippen molar-refractivity contribution in [3.05, 3.63) is 71.9 Å². The summed E-state index contributed by atoms with van der Waals surface area (Å²) < 4.78 is 11.9. The van der Waals surface area contributed by atoms with E-state index in [2.05, 4.69) is 10.6 Å². The maximum Gasteiger partial charge on any atom is 0.419 e. The van der Waals surface area contributed by atoms with Gasteiger partial charge in [0.15, 0.2) is 0 Å². The predicted octanol–water partition coefficient (Wildman–Crippen LogP) is 7.59. The fraction of sp³-hybridized carbons (Fsp3) is 0.528. The van der Waals surface area contributed by atoms with Gasteiger partial charge in [-0.05, 0) is 63.6 Å². The summed E-state index contributed by atoms with van der Waals surface area (Å²) in [6.07, 6.45) is 14.7. The lowest BCUT2D eigenvalue weighted by Gasteiger charge is -2.30. The molecule has 0 aliphatic heterocycles. The number of para-hydroxylation sites is 1. The second kappa shape index (κ2) is 16.5. The highest BCUT2D eigenvalue weighted by Gasteiger charge is 2.26. The lowest BCUT2D eigenvalue weighted by molar-refractivity contribution is -0.139. The van der Waals surface area contributed by atoms with Gasteiger partial charge in [-0.2, -0.15) is 0 Å². The number of aliphatic carboxylic acids is 1. The number of hydrogen-bond donors (Lipinski definition) is 3. The zero-order chi connectivity index (χ0) is 32.2. The number of alkyl carbamates (subject to hydrolysis) is 1. The minimum Gasteiger partial charge on any atom is -0.480 e. The summed E-state index contributed by atoms with van der Waals surface area (Å²) >= 11 is 0. The number of amides is 1. The maximum atomic E-state index is 12.6. The fourth-order valence-electron chi connectivity index (χ4n) is 6.07. The number of nitrogens with one attached hydrogen (secondary N) is 2. The lowest BCUT2D eigenvalue weighted by atomic mass is 9.91. The molecular formula is C36H49N3O6. The summed E-state index contributed by atoms with van der Waals surface area (Å²) in [6.45, 7) is 5.33. The van der Waals surface area contributed by atoms with E-state index in [1.807, 2.05) is 18.2 Å². The van der Waals surface area contributed by atoms with Gasteiger partial charge in [-0.3, -0.25) is 4.57 Å². The Bertz CT molecular complexity index is 1370. The second-order valence-electron chi connectivity index (χ2n) is 13.2. The van der Waals surface area contributed by atoms with Gasteiger partial charge in [0.1, 0.15) is 18.2 Å². The molecule has 9 nitrogen and oxygen atoms in total. The van der Waals surface area contributed by atoms with Crippen LogP contribution in [0.5, 0.6) is 0 Å². The van der Waals surface area contributed by atoms with Gasteiger partial charge in [0.25, 0.3) is 0 Å². The van der Waals surface area contributed by atoms with Gasteiger partial charge >= 0.3 is 18.2 Å². The Labute approximate surface area is 266 Å². The minimum absolute atomic E-state index is 0.0248. The average molecular weight is 620 g/mol. The number of rotatable bonds is 8. The summed E-state index contributed by atoms with van der Waals surface area (Å²) in [5, 5.41) is 16.6. The molecule has 1 unspecified atom stereocenters. The van der Waals surface area contributed by atoms with Crippen molar-refractivity contribution in [2.75, 3.05) is 0 Å². The van der Waals surface area contributed by atoms with E-state index >= 15 is 0 Å². The summed E-state index contributed by atoms with van der Waals surface area (Å²) in [4.78, 5) is 36.6. The summed E-state index contributed by atoms with van der Waals surface area (Å²) in [5.74, 6) is -1.21. The van der Waals surface area contributed by atoms with Gasteiger partial charge in [0.05, 0.1) is 5.52 Å². The van der Waals surface area contributed by atoms with E-state index in [4.69, 9.17) is 9.47 Å². The summed E-state index contributed by atoms with van der Waals surface area (Å²) in [5.41, 5.74) is 1.28. The third-order valence-corrected chi connectivity index (χ3v) is 8.29. The van der Waals surface area contributed by atoms with Gasteiger partial charge in [-0.1, -0.05) is 87.1 Å². The molecule has 5 rings (SSSR count). The monoisotopic (exact) mass is 619 g/mol. The first-order valence-electron chi connectivity index (χ1n) is 16.4. The van der Waals surface area contributed by atoms with Crippen LogP contribution in [0.3, 0.4) is 0 Å². The number of carbonyl (C=O) groups excluding carboxylic acids is 2. The third kappa shape index (κ3) is 10.9. The molecule has 1 atom stereocenters. The average Bonchev–Trinajstić information content (AvgIpc) is 3.39. The molecule has 0 spiro atoms. The number of aromatic nitrogens is 1. The largest absolute Gasteiger partial charge is 0.480 e. The summed E-state index contributed by atoms with van der Waals surface area (Å²) in [6, 6.07) is 16.7. The Hall–Kier alpha value is -3.85. The lowest BCUT2D eigenvalue weighted by Crippen LogP contribution is -2.42. The van der Waals surface area contributed by atoms with Gasteiger partial charge < -0.3 is 25.2 Å². The number of carboxylic acid groups (broad SMARTS) is 1. The predicted molar refractivity (Wildman–Crippen MR) is 175 cm³/mol. The Morgan fingerprint density at radius 1 is 0.867 bits per heavy atom. The molecule has 9 heteroatoms. The zero-order valence-electron chi connectivity index (χ0n) is 26.9. The smallest absolute Gasteiger partial charge is 0.419 e. The third-order valence-electron chi connectivity index (χ3n) is 8.29. The molecule has 3 N–H and O–H groups in total. The first-order chi connectivity index (χ1) is 21.6. The molecule has 45 heavy (non-hydrogen) atoms. The van der Waals surface area contributed by atoms with Crippen molar-refractivity contribution in [3.8, 4) is 0 Å². The first-order valence-corrected chi connectivity index (χ1v) is 16.4. The van der Waals surface area contributed by atoms with Crippen molar-refractivity contribution in [2.45, 2.75) is 122 Å². The van der Waals surface area contributed by atoms with Gasteiger partial charge in [-0.15, -0.1) is 0 Å². The molecule has 0 bridgehead atoms. The highest BCUT2D eigenvalue weighted by atomic mass is 16.6. The van der Waals surface area contributed by atoms with Crippen LogP contribution in [0.4, 0.5) is 9.59 Å². The van der Waals surface area contributed by atoms with Crippen LogP contribution >= 0.6 is 0 Å². The number of hydrogen-bond acceptors (Lipinski definition) is 6. The Morgan fingerprint density at radius 2 is 1.44 bits per heavy atom. The van der Waals surface area contributed by atoms with Crippen molar-refractivity contribution in [2.24, 2.45) is 0 Å². The van der Waals surface area contributed by atoms with Crippen molar-refractivity contribution in [1.82, 2.24) is 15.2 Å². The van der Waals surface area contributed by atoms with Crippen molar-refractivity contribution >= 4 is 29.1 Å². The molecule has 2 aliphatic carbocycles. The van der Waals surface area contributed by atoms with Crippen LogP contribution < -0.4 is 10.6 Å². The highest BCUT2D eigenvalue weighted by molar-refractivity contribution is 5.92. The standard InChI is InChI=1S/C24H26N2O6.C12H23N/c1-24(2,3)32-23(30)26-14-17(18-11-7-8-12-20(18)26)13-19(21(27)28)25-22(29)31-15-16-9-5-4-6-10-16;1-3-7-11(8-4-1)13-12-9-5-2-6-10-12/h4-12,14,19H,13,15H2,1-3H3,(H,25,29)(H,27,28);11-13H,1-10H2. The van der Waals surface area contributed by atoms with E-state index in [9.17, 15) is 19.5 Å². The topological polar surface area (TPSA) is 119 Å². The van der Waals surface area contributed by atoms with Crippen LogP contribution in [-0.2, 0) is 27.3 Å². The molecule has 1 heterocycles. The molecule has 1 aromatic heterocycles. The van der Waals surface area contributed by atoms with Crippen molar-refractivity contribution in [1.29, 1.82) is 0 Å². The fourth-order valence-corrected chi connectivity index (χ4v) is 6.07. The Balaban J connectivity index is 0.000000293. The van der Waals surface area contributed by atoms with Gasteiger partial charge in [0.2, 0.25) is 0 Å². The molecule has 0 saturated heterocycles. The second-order valence-corrected chi connectivity index (χ2v) is 13.2. The molecular weight excluding hydrogens is 570 g/mol. The minimum atomic E-state index is -1.24. The number of carbonyl (C=O) groups is 3. The van der Waals surface area contributed by atoms with E-state index in [-0.39, 0.29) is 13.0 Å². The maximum absolute atomic E-state index is 12.6. The Kier molecular flexibility index (Phi) is 12.4. The van der Waals surface area contributed by atoms with Crippen LogP contribution in [0.25, 0.3) is 10.9 Å². The van der Waals surface area contributed by atoms with E-state index in [0.717, 1.165) is 17.6 Å². The number of carboxylic acids is 1.